The van der Waals surface area contributed by atoms with Crippen molar-refractivity contribution in [2.45, 2.75) is 39.2 Å². The number of rotatable bonds is 6. The van der Waals surface area contributed by atoms with Gasteiger partial charge in [-0.05, 0) is 38.3 Å². The molecule has 1 amide bonds. The summed E-state index contributed by atoms with van der Waals surface area (Å²) in [5, 5.41) is 22.9. The van der Waals surface area contributed by atoms with Gasteiger partial charge in [-0.2, -0.15) is 5.10 Å². The SMILES string of the molecule is Cc1cc(C)nc(NCC(O)CNC(=O)C2CCc3cn[nH]c3C2)n1. The number of aliphatic hydroxyl groups excluding tert-OH is 1. The lowest BCUT2D eigenvalue weighted by molar-refractivity contribution is -0.125. The Balaban J connectivity index is 1.43. The summed E-state index contributed by atoms with van der Waals surface area (Å²) < 4.78 is 0. The van der Waals surface area contributed by atoms with E-state index in [4.69, 9.17) is 0 Å². The first kappa shape index (κ1) is 17.3. The van der Waals surface area contributed by atoms with Crippen LogP contribution in [0, 0.1) is 19.8 Å². The van der Waals surface area contributed by atoms with Gasteiger partial charge in [-0.15, -0.1) is 0 Å². The zero-order valence-electron chi connectivity index (χ0n) is 14.5. The van der Waals surface area contributed by atoms with Gasteiger partial charge >= 0.3 is 0 Å². The maximum Gasteiger partial charge on any atom is 0.223 e. The van der Waals surface area contributed by atoms with Crippen molar-refractivity contribution in [3.05, 3.63) is 34.9 Å². The largest absolute Gasteiger partial charge is 0.389 e. The molecule has 0 aromatic carbocycles. The van der Waals surface area contributed by atoms with Gasteiger partial charge in [-0.3, -0.25) is 9.89 Å². The highest BCUT2D eigenvalue weighted by atomic mass is 16.3. The van der Waals surface area contributed by atoms with Gasteiger partial charge in [0.1, 0.15) is 0 Å². The van der Waals surface area contributed by atoms with Crippen molar-refractivity contribution in [3.8, 4) is 0 Å². The van der Waals surface area contributed by atoms with Crippen LogP contribution in [-0.2, 0) is 17.6 Å². The third-order valence-electron chi connectivity index (χ3n) is 4.38. The van der Waals surface area contributed by atoms with Gasteiger partial charge in [-0.1, -0.05) is 0 Å². The number of fused-ring (bicyclic) bond motifs is 1. The average molecular weight is 344 g/mol. The van der Waals surface area contributed by atoms with Crippen LogP contribution in [0.25, 0.3) is 0 Å². The van der Waals surface area contributed by atoms with Crippen molar-refractivity contribution >= 4 is 11.9 Å². The maximum atomic E-state index is 12.3. The van der Waals surface area contributed by atoms with Crippen LogP contribution in [0.1, 0.15) is 29.1 Å². The molecule has 4 N–H and O–H groups in total. The summed E-state index contributed by atoms with van der Waals surface area (Å²) in [6.45, 7) is 4.26. The van der Waals surface area contributed by atoms with E-state index in [9.17, 15) is 9.90 Å². The normalized spacial score (nSPS) is 17.6. The summed E-state index contributed by atoms with van der Waals surface area (Å²) in [5.41, 5.74) is 3.98. The van der Waals surface area contributed by atoms with Crippen molar-refractivity contribution in [1.29, 1.82) is 0 Å². The number of nitrogens with one attached hydrogen (secondary N) is 3. The second-order valence-corrected chi connectivity index (χ2v) is 6.57. The Morgan fingerprint density at radius 3 is 2.88 bits per heavy atom. The summed E-state index contributed by atoms with van der Waals surface area (Å²) >= 11 is 0. The van der Waals surface area contributed by atoms with Crippen molar-refractivity contribution in [1.82, 2.24) is 25.5 Å². The number of hydrogen-bond acceptors (Lipinski definition) is 6. The molecular formula is C17H24N6O2. The highest BCUT2D eigenvalue weighted by Gasteiger charge is 2.26. The molecule has 3 rings (SSSR count). The van der Waals surface area contributed by atoms with E-state index < -0.39 is 6.10 Å². The highest BCUT2D eigenvalue weighted by Crippen LogP contribution is 2.23. The topological polar surface area (TPSA) is 116 Å². The van der Waals surface area contributed by atoms with E-state index in [-0.39, 0.29) is 24.9 Å². The molecule has 0 fully saturated rings. The fourth-order valence-electron chi connectivity index (χ4n) is 3.08. The van der Waals surface area contributed by atoms with Crippen LogP contribution in [0.4, 0.5) is 5.95 Å². The monoisotopic (exact) mass is 344 g/mol. The van der Waals surface area contributed by atoms with Crippen LogP contribution in [0.3, 0.4) is 0 Å². The molecule has 2 atom stereocenters. The van der Waals surface area contributed by atoms with Crippen molar-refractivity contribution in [3.63, 3.8) is 0 Å². The number of carbonyl (C=O) groups excluding carboxylic acids is 1. The molecule has 2 heterocycles. The summed E-state index contributed by atoms with van der Waals surface area (Å²) in [6.07, 6.45) is 3.46. The standard InChI is InChI=1S/C17H24N6O2/c1-10-5-11(2)22-17(21-10)19-9-14(24)8-18-16(25)12-3-4-13-7-20-23-15(13)6-12/h5,7,12,14,24H,3-4,6,8-9H2,1-2H3,(H,18,25)(H,20,23)(H,19,21,22). The molecule has 8 heteroatoms. The molecule has 1 aliphatic carbocycles. The molecule has 2 aromatic heterocycles. The van der Waals surface area contributed by atoms with E-state index in [0.717, 1.165) is 29.9 Å². The zero-order valence-corrected chi connectivity index (χ0v) is 14.5. The number of aromatic amines is 1. The van der Waals surface area contributed by atoms with Crippen LogP contribution in [-0.4, -0.2) is 50.4 Å². The van der Waals surface area contributed by atoms with E-state index in [1.165, 1.54) is 5.56 Å². The third-order valence-corrected chi connectivity index (χ3v) is 4.38. The molecule has 134 valence electrons. The Labute approximate surface area is 146 Å². The Kier molecular flexibility index (Phi) is 5.28. The quantitative estimate of drug-likeness (QED) is 0.607. The van der Waals surface area contributed by atoms with Crippen molar-refractivity contribution < 1.29 is 9.90 Å². The molecular weight excluding hydrogens is 320 g/mol. The van der Waals surface area contributed by atoms with Crippen LogP contribution in [0.15, 0.2) is 12.3 Å². The number of aliphatic hydroxyl groups is 1. The average Bonchev–Trinajstić information content (AvgIpc) is 3.04. The molecule has 0 aliphatic heterocycles. The van der Waals surface area contributed by atoms with Crippen molar-refractivity contribution in [2.24, 2.45) is 5.92 Å². The van der Waals surface area contributed by atoms with Crippen molar-refractivity contribution in [2.75, 3.05) is 18.4 Å². The number of hydrogen-bond donors (Lipinski definition) is 4. The van der Waals surface area contributed by atoms with Crippen LogP contribution >= 0.6 is 0 Å². The molecule has 2 unspecified atom stereocenters. The molecule has 0 spiro atoms. The summed E-state index contributed by atoms with van der Waals surface area (Å²) in [7, 11) is 0. The van der Waals surface area contributed by atoms with Gasteiger partial charge in [0.2, 0.25) is 11.9 Å². The minimum absolute atomic E-state index is 0.0260. The predicted molar refractivity (Wildman–Crippen MR) is 93.1 cm³/mol. The van der Waals surface area contributed by atoms with Gasteiger partial charge < -0.3 is 15.7 Å². The van der Waals surface area contributed by atoms with Crippen LogP contribution in [0.2, 0.25) is 0 Å². The van der Waals surface area contributed by atoms with Crippen LogP contribution < -0.4 is 10.6 Å². The number of aryl methyl sites for hydroxylation is 3. The molecule has 25 heavy (non-hydrogen) atoms. The summed E-state index contributed by atoms with van der Waals surface area (Å²) in [4.78, 5) is 20.8. The molecule has 0 saturated heterocycles. The number of H-pyrrole nitrogens is 1. The van der Waals surface area contributed by atoms with E-state index in [0.29, 0.717) is 12.4 Å². The maximum absolute atomic E-state index is 12.3. The van der Waals surface area contributed by atoms with E-state index >= 15 is 0 Å². The molecule has 0 bridgehead atoms. The summed E-state index contributed by atoms with van der Waals surface area (Å²) in [5.74, 6) is 0.389. The third kappa shape index (κ3) is 4.54. The van der Waals surface area contributed by atoms with E-state index in [2.05, 4.69) is 30.8 Å². The molecule has 0 saturated carbocycles. The number of aromatic nitrogens is 4. The molecule has 1 aliphatic rings. The first-order valence-electron chi connectivity index (χ1n) is 8.54. The second kappa shape index (κ2) is 7.60. The van der Waals surface area contributed by atoms with Gasteiger partial charge in [0.15, 0.2) is 0 Å². The predicted octanol–water partition coefficient (Wildman–Crippen LogP) is 0.511. The Morgan fingerprint density at radius 2 is 2.12 bits per heavy atom. The number of nitrogens with zero attached hydrogens (tertiary/aromatic N) is 3. The second-order valence-electron chi connectivity index (χ2n) is 6.57. The van der Waals surface area contributed by atoms with E-state index in [1.54, 1.807) is 0 Å². The first-order valence-corrected chi connectivity index (χ1v) is 8.54. The minimum Gasteiger partial charge on any atom is -0.389 e. The van der Waals surface area contributed by atoms with Crippen LogP contribution in [0.5, 0.6) is 0 Å². The number of anilines is 1. The lowest BCUT2D eigenvalue weighted by Crippen LogP contribution is -2.40. The van der Waals surface area contributed by atoms with Gasteiger partial charge in [0, 0.05) is 42.5 Å². The Bertz CT molecular complexity index is 724. The zero-order chi connectivity index (χ0) is 17.8. The van der Waals surface area contributed by atoms with E-state index in [1.807, 2.05) is 26.1 Å². The smallest absolute Gasteiger partial charge is 0.223 e. The molecule has 8 nitrogen and oxygen atoms in total. The first-order chi connectivity index (χ1) is 12.0. The molecule has 2 aromatic rings. The fraction of sp³-hybridized carbons (Fsp3) is 0.529. The van der Waals surface area contributed by atoms with Gasteiger partial charge in [0.25, 0.3) is 0 Å². The number of amides is 1. The lowest BCUT2D eigenvalue weighted by Gasteiger charge is -2.21. The fourth-order valence-corrected chi connectivity index (χ4v) is 3.08. The Hall–Kier alpha value is -2.48. The minimum atomic E-state index is -0.709. The highest BCUT2D eigenvalue weighted by molar-refractivity contribution is 5.79. The Morgan fingerprint density at radius 1 is 1.36 bits per heavy atom. The lowest BCUT2D eigenvalue weighted by atomic mass is 9.87. The van der Waals surface area contributed by atoms with Gasteiger partial charge in [-0.25, -0.2) is 9.97 Å². The number of carbonyl (C=O) groups is 1. The van der Waals surface area contributed by atoms with Gasteiger partial charge in [0.05, 0.1) is 12.3 Å². The molecule has 0 radical (unpaired) electrons. The summed E-state index contributed by atoms with van der Waals surface area (Å²) in [6, 6.07) is 1.89.